The standard InChI is InChI=1S/C39H30F4N2O11S2/c1-38(2)13-18(15-57(49,50)51)21-8-24-30(11-28(21)44-38)55-31-12-29-22(19(16-58(52,53)54)14-39(3,4)45-29)9-25(31)32(24)20-6-5-17(7-23(20)36(46)47)37(48)56-35-33(42)26(40)10-27(41)34(35)43/h5-14,44-45H,15-16H2,1-4H3,(H2-,46,47,49,50,51,52,53,54)/p+1. The summed E-state index contributed by atoms with van der Waals surface area (Å²) in [7, 11) is -9.17. The second kappa shape index (κ2) is 13.6. The highest BCUT2D eigenvalue weighted by molar-refractivity contribution is 7.86. The van der Waals surface area contributed by atoms with E-state index in [0.717, 1.165) is 18.2 Å². The Bertz CT molecular complexity index is 2830. The van der Waals surface area contributed by atoms with Gasteiger partial charge in [0.15, 0.2) is 11.6 Å². The number of nitrogens with one attached hydrogen (secondary N) is 2. The smallest absolute Gasteiger partial charge is 0.363 e. The normalized spacial score (nSPS) is 15.8. The van der Waals surface area contributed by atoms with Gasteiger partial charge in [0.1, 0.15) is 11.5 Å². The summed E-state index contributed by atoms with van der Waals surface area (Å²) < 4.78 is 136. The molecule has 5 aromatic rings. The second-order valence-corrected chi connectivity index (χ2v) is 17.9. The van der Waals surface area contributed by atoms with Crippen LogP contribution in [-0.4, -0.2) is 65.6 Å². The Hall–Kier alpha value is -5.89. The lowest BCUT2D eigenvalue weighted by molar-refractivity contribution is 0.0697. The lowest BCUT2D eigenvalue weighted by Crippen LogP contribution is -2.32. The molecule has 0 spiro atoms. The molecule has 7 rings (SSSR count). The maximum Gasteiger partial charge on any atom is 0.363 e. The Balaban J connectivity index is 1.53. The van der Waals surface area contributed by atoms with Gasteiger partial charge in [-0.05, 0) is 68.7 Å². The Kier molecular flexibility index (Phi) is 9.46. The van der Waals surface area contributed by atoms with Crippen LogP contribution in [0.2, 0.25) is 0 Å². The van der Waals surface area contributed by atoms with E-state index in [2.05, 4.69) is 15.4 Å². The molecule has 2 aliphatic heterocycles. The number of hydrogen-bond donors (Lipinski definition) is 5. The number of aromatic carboxylic acids is 1. The van der Waals surface area contributed by atoms with E-state index in [9.17, 15) is 58.2 Å². The third-order valence-corrected chi connectivity index (χ3v) is 10.7. The van der Waals surface area contributed by atoms with Gasteiger partial charge in [0.2, 0.25) is 17.4 Å². The largest absolute Gasteiger partial charge is 0.478 e. The number of rotatable bonds is 8. The van der Waals surface area contributed by atoms with Crippen molar-refractivity contribution in [2.24, 2.45) is 0 Å². The molecule has 0 saturated heterocycles. The fraction of sp³-hybridized carbons (Fsp3) is 0.205. The number of fused-ring (bicyclic) bond motifs is 4. The molecular formula is C39H31F4N2O11S2+. The van der Waals surface area contributed by atoms with E-state index >= 15 is 0 Å². The molecule has 58 heavy (non-hydrogen) atoms. The third kappa shape index (κ3) is 7.72. The quantitative estimate of drug-likeness (QED) is 0.0191. The van der Waals surface area contributed by atoms with Crippen LogP contribution in [0.3, 0.4) is 0 Å². The first-order valence-corrected chi connectivity index (χ1v) is 20.3. The zero-order valence-corrected chi connectivity index (χ0v) is 32.3. The number of carbonyl (C=O) groups excluding carboxylic acids is 1. The van der Waals surface area contributed by atoms with Crippen molar-refractivity contribution in [2.75, 3.05) is 22.1 Å². The minimum atomic E-state index is -4.58. The molecule has 0 unspecified atom stereocenters. The summed E-state index contributed by atoms with van der Waals surface area (Å²) in [5.41, 5.74) is -0.967. The van der Waals surface area contributed by atoms with Gasteiger partial charge in [0.25, 0.3) is 20.2 Å². The fourth-order valence-corrected chi connectivity index (χ4v) is 8.56. The number of benzene rings is 4. The summed E-state index contributed by atoms with van der Waals surface area (Å²) in [6.07, 6.45) is 3.17. The molecule has 0 radical (unpaired) electrons. The van der Waals surface area contributed by atoms with Crippen LogP contribution >= 0.6 is 0 Å². The SMILES string of the molecule is CC1(C)C=C(CS(=O)(=O)O)c2cc3c(-c4ccc(C(=O)Oc5c(F)c(F)cc(F)c5F)cc4C(=O)O)c4cc5c(cc4[o+]c3cc2N1)NC(C)(C)C=C5CS(=O)(=O)O. The molecule has 4 aromatic carbocycles. The molecule has 1 aromatic heterocycles. The molecule has 3 heterocycles. The molecule has 13 nitrogen and oxygen atoms in total. The monoisotopic (exact) mass is 843 g/mol. The Morgan fingerprint density at radius 1 is 0.707 bits per heavy atom. The van der Waals surface area contributed by atoms with Gasteiger partial charge < -0.3 is 20.5 Å². The van der Waals surface area contributed by atoms with E-state index in [-0.39, 0.29) is 61.4 Å². The van der Waals surface area contributed by atoms with Crippen LogP contribution in [0.4, 0.5) is 28.9 Å². The minimum absolute atomic E-state index is 0.0921. The molecular weight excluding hydrogens is 813 g/mol. The van der Waals surface area contributed by atoms with Crippen molar-refractivity contribution in [3.63, 3.8) is 0 Å². The Morgan fingerprint density at radius 2 is 1.17 bits per heavy atom. The summed E-state index contributed by atoms with van der Waals surface area (Å²) in [6.45, 7) is 7.01. The van der Waals surface area contributed by atoms with Gasteiger partial charge in [-0.3, -0.25) is 9.11 Å². The summed E-state index contributed by atoms with van der Waals surface area (Å²) in [5, 5.41) is 17.4. The van der Waals surface area contributed by atoms with Crippen LogP contribution in [0.1, 0.15) is 59.5 Å². The predicted molar refractivity (Wildman–Crippen MR) is 206 cm³/mol. The molecule has 0 saturated carbocycles. The highest BCUT2D eigenvalue weighted by atomic mass is 32.2. The van der Waals surface area contributed by atoms with E-state index in [1.807, 2.05) is 0 Å². The predicted octanol–water partition coefficient (Wildman–Crippen LogP) is 7.96. The first-order valence-electron chi connectivity index (χ1n) is 17.1. The Morgan fingerprint density at radius 3 is 1.60 bits per heavy atom. The van der Waals surface area contributed by atoms with Crippen molar-refractivity contribution < 1.29 is 67.4 Å². The summed E-state index contributed by atoms with van der Waals surface area (Å²) in [5.74, 6) is -14.3. The highest BCUT2D eigenvalue weighted by Crippen LogP contribution is 2.46. The van der Waals surface area contributed by atoms with Gasteiger partial charge in [0, 0.05) is 22.8 Å². The van der Waals surface area contributed by atoms with Gasteiger partial charge >= 0.3 is 23.1 Å². The van der Waals surface area contributed by atoms with Crippen LogP contribution in [0.25, 0.3) is 44.2 Å². The van der Waals surface area contributed by atoms with E-state index in [4.69, 9.17) is 4.42 Å². The summed E-state index contributed by atoms with van der Waals surface area (Å²) in [4.78, 5) is 26.1. The molecule has 0 atom stereocenters. The molecule has 5 N–H and O–H groups in total. The molecule has 19 heteroatoms. The van der Waals surface area contributed by atoms with Crippen molar-refractivity contribution in [3.05, 3.63) is 106 Å². The van der Waals surface area contributed by atoms with Crippen LogP contribution in [-0.2, 0) is 20.2 Å². The van der Waals surface area contributed by atoms with Gasteiger partial charge in [-0.1, -0.05) is 18.2 Å². The fourth-order valence-electron chi connectivity index (χ4n) is 7.29. The van der Waals surface area contributed by atoms with E-state index < -0.39 is 94.9 Å². The highest BCUT2D eigenvalue weighted by Gasteiger charge is 2.35. The number of anilines is 2. The van der Waals surface area contributed by atoms with Crippen LogP contribution in [0.15, 0.2) is 65.1 Å². The number of hydrogen-bond acceptors (Lipinski definition) is 9. The van der Waals surface area contributed by atoms with Crippen molar-refractivity contribution in [1.82, 2.24) is 0 Å². The van der Waals surface area contributed by atoms with Gasteiger partial charge in [-0.25, -0.2) is 22.8 Å². The molecule has 0 aliphatic carbocycles. The lowest BCUT2D eigenvalue weighted by atomic mass is 9.86. The van der Waals surface area contributed by atoms with E-state index in [0.29, 0.717) is 11.4 Å². The summed E-state index contributed by atoms with van der Waals surface area (Å²) >= 11 is 0. The zero-order valence-electron chi connectivity index (χ0n) is 30.6. The van der Waals surface area contributed by atoms with Gasteiger partial charge in [0.05, 0.1) is 56.5 Å². The van der Waals surface area contributed by atoms with Crippen molar-refractivity contribution >= 4 is 76.6 Å². The van der Waals surface area contributed by atoms with Crippen LogP contribution in [0, 0.1) is 23.3 Å². The van der Waals surface area contributed by atoms with E-state index in [1.165, 1.54) is 12.1 Å². The number of halogens is 4. The molecule has 302 valence electrons. The topological polar surface area (TPSA) is 208 Å². The van der Waals surface area contributed by atoms with Gasteiger partial charge in [-0.15, -0.1) is 0 Å². The maximum absolute atomic E-state index is 14.4. The van der Waals surface area contributed by atoms with Crippen molar-refractivity contribution in [1.29, 1.82) is 0 Å². The number of ether oxygens (including phenoxy) is 1. The molecule has 0 amide bonds. The average Bonchev–Trinajstić information content (AvgIpc) is 3.07. The minimum Gasteiger partial charge on any atom is -0.478 e. The second-order valence-electron chi connectivity index (χ2n) is 15.0. The molecule has 0 bridgehead atoms. The van der Waals surface area contributed by atoms with Crippen LogP contribution in [0.5, 0.6) is 5.75 Å². The van der Waals surface area contributed by atoms with E-state index in [1.54, 1.807) is 52.0 Å². The number of carboxylic acid groups (broad SMARTS) is 1. The zero-order chi connectivity index (χ0) is 42.4. The number of esters is 1. The Labute approximate surface area is 327 Å². The number of carboxylic acids is 1. The summed E-state index contributed by atoms with van der Waals surface area (Å²) in [6, 6.07) is 8.96. The van der Waals surface area contributed by atoms with Gasteiger partial charge in [-0.2, -0.15) is 25.6 Å². The average molecular weight is 844 g/mol. The molecule has 2 aliphatic rings. The first-order chi connectivity index (χ1) is 26.8. The number of carbonyl (C=O) groups is 2. The molecule has 0 fully saturated rings. The first kappa shape index (κ1) is 40.3. The lowest BCUT2D eigenvalue weighted by Gasteiger charge is -2.32. The third-order valence-electron chi connectivity index (χ3n) is 9.37. The maximum atomic E-state index is 14.4. The van der Waals surface area contributed by atoms with Crippen molar-refractivity contribution in [2.45, 2.75) is 38.8 Å². The van der Waals surface area contributed by atoms with Crippen molar-refractivity contribution in [3.8, 4) is 16.9 Å². The van der Waals surface area contributed by atoms with Crippen LogP contribution < -0.4 is 15.4 Å².